The lowest BCUT2D eigenvalue weighted by Crippen LogP contribution is -2.56. The lowest BCUT2D eigenvalue weighted by atomic mass is 9.86. The number of Topliss-reactive ketones (excluding diaryl/α,β-unsaturated/α-hetero) is 2. The number of hydrogen-bond acceptors (Lipinski definition) is 2. The Hall–Kier alpha value is -1.15. The van der Waals surface area contributed by atoms with E-state index in [0.717, 1.165) is 0 Å². The molecule has 0 aromatic heterocycles. The van der Waals surface area contributed by atoms with Gasteiger partial charge in [0, 0.05) is 5.41 Å². The molecule has 0 aliphatic carbocycles. The first-order chi connectivity index (χ1) is 8.05. The fourth-order valence-electron chi connectivity index (χ4n) is 0.875. The van der Waals surface area contributed by atoms with E-state index in [2.05, 4.69) is 0 Å². The molecule has 112 valence electrons. The van der Waals surface area contributed by atoms with E-state index in [-0.39, 0.29) is 0 Å². The second-order valence-electron chi connectivity index (χ2n) is 4.92. The van der Waals surface area contributed by atoms with Gasteiger partial charge in [0.2, 0.25) is 5.78 Å². The van der Waals surface area contributed by atoms with Crippen LogP contribution in [-0.4, -0.2) is 29.6 Å². The van der Waals surface area contributed by atoms with Gasteiger partial charge in [0.25, 0.3) is 0 Å². The van der Waals surface area contributed by atoms with E-state index in [0.29, 0.717) is 0 Å². The first-order valence-corrected chi connectivity index (χ1v) is 4.94. The lowest BCUT2D eigenvalue weighted by Gasteiger charge is -2.27. The Labute approximate surface area is 104 Å². The molecule has 0 atom stereocenters. The standard InChI is InChI=1S/C10H11F7O2/c1-7(2,3)5(18)4-6(19)8(11,12)9(13,14)10(15,16)17/h4H2,1-3H3. The van der Waals surface area contributed by atoms with Gasteiger partial charge in [-0.05, 0) is 0 Å². The van der Waals surface area contributed by atoms with E-state index in [1.807, 2.05) is 0 Å². The third kappa shape index (κ3) is 3.44. The zero-order valence-electron chi connectivity index (χ0n) is 10.2. The zero-order valence-corrected chi connectivity index (χ0v) is 10.2. The molecule has 0 saturated heterocycles. The molecule has 0 saturated carbocycles. The van der Waals surface area contributed by atoms with Gasteiger partial charge in [-0.3, -0.25) is 9.59 Å². The van der Waals surface area contributed by atoms with Crippen molar-refractivity contribution in [3.63, 3.8) is 0 Å². The van der Waals surface area contributed by atoms with E-state index < -0.39 is 41.4 Å². The summed E-state index contributed by atoms with van der Waals surface area (Å²) in [6.45, 7) is 3.63. The molecule has 0 heterocycles. The molecular weight excluding hydrogens is 285 g/mol. The fourth-order valence-corrected chi connectivity index (χ4v) is 0.875. The molecule has 2 nitrogen and oxygen atoms in total. The quantitative estimate of drug-likeness (QED) is 0.588. The molecule has 0 aromatic rings. The molecule has 19 heavy (non-hydrogen) atoms. The summed E-state index contributed by atoms with van der Waals surface area (Å²) in [7, 11) is 0. The molecule has 0 N–H and O–H groups in total. The maximum Gasteiger partial charge on any atom is 0.460 e. The van der Waals surface area contributed by atoms with E-state index in [4.69, 9.17) is 0 Å². The number of rotatable bonds is 4. The summed E-state index contributed by atoms with van der Waals surface area (Å²) in [5, 5.41) is 0. The van der Waals surface area contributed by atoms with Gasteiger partial charge in [-0.2, -0.15) is 30.7 Å². The van der Waals surface area contributed by atoms with Crippen molar-refractivity contribution in [1.82, 2.24) is 0 Å². The SMILES string of the molecule is CC(C)(C)C(=O)CC(=O)C(F)(F)C(F)(F)C(F)(F)F. The second-order valence-corrected chi connectivity index (χ2v) is 4.92. The average molecular weight is 296 g/mol. The fraction of sp³-hybridized carbons (Fsp3) is 0.800. The summed E-state index contributed by atoms with van der Waals surface area (Å²) in [5.41, 5.74) is -1.31. The highest BCUT2D eigenvalue weighted by molar-refractivity contribution is 6.04. The Morgan fingerprint density at radius 3 is 1.42 bits per heavy atom. The Kier molecular flexibility index (Phi) is 4.46. The van der Waals surface area contributed by atoms with Crippen molar-refractivity contribution in [2.45, 2.75) is 45.2 Å². The highest BCUT2D eigenvalue weighted by atomic mass is 19.4. The summed E-state index contributed by atoms with van der Waals surface area (Å²) in [4.78, 5) is 22.1. The summed E-state index contributed by atoms with van der Waals surface area (Å²) in [5.74, 6) is -16.4. The van der Waals surface area contributed by atoms with Crippen LogP contribution < -0.4 is 0 Å². The molecule has 0 aliphatic heterocycles. The van der Waals surface area contributed by atoms with Crippen LogP contribution in [0.4, 0.5) is 30.7 Å². The van der Waals surface area contributed by atoms with Gasteiger partial charge >= 0.3 is 18.0 Å². The minimum Gasteiger partial charge on any atom is -0.299 e. The molecule has 0 aromatic carbocycles. The van der Waals surface area contributed by atoms with Crippen molar-refractivity contribution in [3.05, 3.63) is 0 Å². The number of alkyl halides is 7. The molecule has 0 spiro atoms. The Morgan fingerprint density at radius 2 is 1.16 bits per heavy atom. The largest absolute Gasteiger partial charge is 0.460 e. The monoisotopic (exact) mass is 296 g/mol. The van der Waals surface area contributed by atoms with Crippen molar-refractivity contribution < 1.29 is 40.3 Å². The van der Waals surface area contributed by atoms with Crippen molar-refractivity contribution in [1.29, 1.82) is 0 Å². The summed E-state index contributed by atoms with van der Waals surface area (Å²) >= 11 is 0. The summed E-state index contributed by atoms with van der Waals surface area (Å²) in [6, 6.07) is 0. The first kappa shape index (κ1) is 17.8. The molecule has 9 heteroatoms. The van der Waals surface area contributed by atoms with Crippen molar-refractivity contribution in [3.8, 4) is 0 Å². The predicted octanol–water partition coefficient (Wildman–Crippen LogP) is 3.39. The van der Waals surface area contributed by atoms with Gasteiger partial charge < -0.3 is 0 Å². The molecule has 0 bridgehead atoms. The second kappa shape index (κ2) is 4.75. The maximum absolute atomic E-state index is 12.9. The number of ketones is 2. The van der Waals surface area contributed by atoms with Gasteiger partial charge in [-0.1, -0.05) is 20.8 Å². The summed E-state index contributed by atoms with van der Waals surface area (Å²) < 4.78 is 86.1. The zero-order chi connectivity index (χ0) is 15.9. The topological polar surface area (TPSA) is 34.1 Å². The first-order valence-electron chi connectivity index (χ1n) is 4.94. The number of carbonyl (C=O) groups excluding carboxylic acids is 2. The Bertz CT molecular complexity index is 376. The van der Waals surface area contributed by atoms with Crippen LogP contribution in [0.25, 0.3) is 0 Å². The minimum absolute atomic E-state index is 1.16. The number of carbonyl (C=O) groups is 2. The van der Waals surface area contributed by atoms with Crippen LogP contribution >= 0.6 is 0 Å². The molecule has 0 unspecified atom stereocenters. The third-order valence-electron chi connectivity index (χ3n) is 2.26. The van der Waals surface area contributed by atoms with Crippen LogP contribution in [0.1, 0.15) is 27.2 Å². The Balaban J connectivity index is 5.25. The van der Waals surface area contributed by atoms with Gasteiger partial charge in [0.05, 0.1) is 6.42 Å². The van der Waals surface area contributed by atoms with Crippen molar-refractivity contribution in [2.24, 2.45) is 5.41 Å². The van der Waals surface area contributed by atoms with E-state index in [9.17, 15) is 40.3 Å². The average Bonchev–Trinajstić information content (AvgIpc) is 2.13. The number of halogens is 7. The van der Waals surface area contributed by atoms with Crippen molar-refractivity contribution in [2.75, 3.05) is 0 Å². The third-order valence-corrected chi connectivity index (χ3v) is 2.26. The van der Waals surface area contributed by atoms with Crippen LogP contribution in [0.15, 0.2) is 0 Å². The highest BCUT2D eigenvalue weighted by Gasteiger charge is 2.75. The van der Waals surface area contributed by atoms with Gasteiger partial charge in [-0.25, -0.2) is 0 Å². The van der Waals surface area contributed by atoms with Crippen molar-refractivity contribution >= 4 is 11.6 Å². The van der Waals surface area contributed by atoms with Gasteiger partial charge in [-0.15, -0.1) is 0 Å². The van der Waals surface area contributed by atoms with Gasteiger partial charge in [0.1, 0.15) is 5.78 Å². The molecular formula is C10H11F7O2. The van der Waals surface area contributed by atoms with Gasteiger partial charge in [0.15, 0.2) is 0 Å². The smallest absolute Gasteiger partial charge is 0.299 e. The molecule has 0 rings (SSSR count). The molecule has 0 aliphatic rings. The van der Waals surface area contributed by atoms with E-state index in [1.165, 1.54) is 20.8 Å². The maximum atomic E-state index is 12.9. The molecule has 0 fully saturated rings. The predicted molar refractivity (Wildman–Crippen MR) is 50.0 cm³/mol. The van der Waals surface area contributed by atoms with Crippen LogP contribution in [0.5, 0.6) is 0 Å². The van der Waals surface area contributed by atoms with Crippen LogP contribution in [-0.2, 0) is 9.59 Å². The highest BCUT2D eigenvalue weighted by Crippen LogP contribution is 2.47. The molecule has 0 amide bonds. The minimum atomic E-state index is -6.59. The van der Waals surface area contributed by atoms with Crippen LogP contribution in [0.2, 0.25) is 0 Å². The summed E-state index contributed by atoms with van der Waals surface area (Å²) in [6.07, 6.45) is -8.28. The van der Waals surface area contributed by atoms with E-state index in [1.54, 1.807) is 0 Å². The molecule has 0 radical (unpaired) electrons. The van der Waals surface area contributed by atoms with Crippen LogP contribution in [0.3, 0.4) is 0 Å². The van der Waals surface area contributed by atoms with Crippen LogP contribution in [0, 0.1) is 5.41 Å². The normalized spacial score (nSPS) is 14.4. The lowest BCUT2D eigenvalue weighted by molar-refractivity contribution is -0.343. The van der Waals surface area contributed by atoms with E-state index >= 15 is 0 Å². The number of hydrogen-bond donors (Lipinski definition) is 0. The Morgan fingerprint density at radius 1 is 0.789 bits per heavy atom.